The van der Waals surface area contributed by atoms with Crippen molar-refractivity contribution in [3.8, 4) is 0 Å². The second-order valence-electron chi connectivity index (χ2n) is 4.87. The minimum absolute atomic E-state index is 0.111. The first-order valence-electron chi connectivity index (χ1n) is 5.21. The van der Waals surface area contributed by atoms with Gasteiger partial charge in [-0.1, -0.05) is 6.92 Å². The Bertz CT molecular complexity index is 230. The molecule has 0 bridgehead atoms. The number of hydrogen-bond acceptors (Lipinski definition) is 2. The fourth-order valence-electron chi connectivity index (χ4n) is 2.15. The molecule has 2 aliphatic rings. The number of rotatable bonds is 2. The summed E-state index contributed by atoms with van der Waals surface area (Å²) in [5.74, 6) is -2.72. The lowest BCUT2D eigenvalue weighted by molar-refractivity contribution is -0.176. The van der Waals surface area contributed by atoms with Gasteiger partial charge in [0.15, 0.2) is 0 Å². The summed E-state index contributed by atoms with van der Waals surface area (Å²) < 4.78 is 27.0. The molecule has 0 aromatic heterocycles. The minimum Gasteiger partial charge on any atom is -0.396 e. The molecule has 0 amide bonds. The monoisotopic (exact) mass is 205 g/mol. The van der Waals surface area contributed by atoms with E-state index in [1.165, 1.54) is 6.92 Å². The molecule has 0 aromatic carbocycles. The number of alkyl halides is 2. The van der Waals surface area contributed by atoms with Gasteiger partial charge in [-0.05, 0) is 12.8 Å². The van der Waals surface area contributed by atoms with Gasteiger partial charge in [-0.2, -0.15) is 0 Å². The normalized spacial score (nSPS) is 38.6. The van der Waals surface area contributed by atoms with Gasteiger partial charge in [-0.15, -0.1) is 0 Å². The first-order chi connectivity index (χ1) is 6.48. The van der Waals surface area contributed by atoms with Crippen molar-refractivity contribution >= 4 is 0 Å². The van der Waals surface area contributed by atoms with E-state index in [0.717, 1.165) is 12.8 Å². The Morgan fingerprint density at radius 3 is 2.57 bits per heavy atom. The highest BCUT2D eigenvalue weighted by molar-refractivity contribution is 4.99. The molecule has 82 valence electrons. The lowest BCUT2D eigenvalue weighted by Gasteiger charge is -2.45. The fraction of sp³-hybridized carbons (Fsp3) is 1.00. The third-order valence-electron chi connectivity index (χ3n) is 3.56. The van der Waals surface area contributed by atoms with E-state index in [1.807, 2.05) is 0 Å². The molecule has 2 rings (SSSR count). The summed E-state index contributed by atoms with van der Waals surface area (Å²) in [4.78, 5) is 2.10. The molecule has 0 spiro atoms. The van der Waals surface area contributed by atoms with Crippen LogP contribution in [-0.2, 0) is 0 Å². The highest BCUT2D eigenvalue weighted by Crippen LogP contribution is 2.45. The maximum atomic E-state index is 13.5. The van der Waals surface area contributed by atoms with Gasteiger partial charge >= 0.3 is 0 Å². The number of likely N-dealkylation sites (tertiary alicyclic amines) is 1. The highest BCUT2D eigenvalue weighted by Gasteiger charge is 2.54. The molecule has 1 aliphatic heterocycles. The lowest BCUT2D eigenvalue weighted by atomic mass is 9.79. The van der Waals surface area contributed by atoms with E-state index < -0.39 is 17.9 Å². The highest BCUT2D eigenvalue weighted by atomic mass is 19.3. The molecule has 2 fully saturated rings. The van der Waals surface area contributed by atoms with Gasteiger partial charge in [0.2, 0.25) is 0 Å². The molecule has 2 nitrogen and oxygen atoms in total. The molecule has 1 saturated heterocycles. The molecule has 1 aliphatic carbocycles. The van der Waals surface area contributed by atoms with Crippen molar-refractivity contribution in [1.29, 1.82) is 0 Å². The fourth-order valence-corrected chi connectivity index (χ4v) is 2.15. The molecule has 0 radical (unpaired) electrons. The van der Waals surface area contributed by atoms with Crippen molar-refractivity contribution in [1.82, 2.24) is 4.90 Å². The lowest BCUT2D eigenvalue weighted by Crippen LogP contribution is -2.56. The Hall–Kier alpha value is -0.220. The van der Waals surface area contributed by atoms with Crippen LogP contribution in [0.2, 0.25) is 0 Å². The van der Waals surface area contributed by atoms with Gasteiger partial charge in [0.1, 0.15) is 0 Å². The standard InChI is InChI=1S/C10H17F2NO/c1-9(7-14)6-13(8-2-3-8)5-4-10(9,11)12/h8,14H,2-7H2,1H3. The van der Waals surface area contributed by atoms with Crippen LogP contribution >= 0.6 is 0 Å². The summed E-state index contributed by atoms with van der Waals surface area (Å²) >= 11 is 0. The van der Waals surface area contributed by atoms with Crippen LogP contribution in [-0.4, -0.2) is 41.7 Å². The van der Waals surface area contributed by atoms with Crippen LogP contribution in [0.3, 0.4) is 0 Å². The Balaban J connectivity index is 2.09. The van der Waals surface area contributed by atoms with Crippen LogP contribution in [0.25, 0.3) is 0 Å². The van der Waals surface area contributed by atoms with Gasteiger partial charge in [0, 0.05) is 25.6 Å². The van der Waals surface area contributed by atoms with Gasteiger partial charge in [0.25, 0.3) is 5.92 Å². The largest absolute Gasteiger partial charge is 0.396 e. The number of aliphatic hydroxyl groups excluding tert-OH is 1. The summed E-state index contributed by atoms with van der Waals surface area (Å²) in [5, 5.41) is 9.10. The van der Waals surface area contributed by atoms with Gasteiger partial charge in [-0.25, -0.2) is 8.78 Å². The minimum atomic E-state index is -2.72. The van der Waals surface area contributed by atoms with Crippen LogP contribution in [0.5, 0.6) is 0 Å². The Kier molecular flexibility index (Phi) is 2.31. The third-order valence-corrected chi connectivity index (χ3v) is 3.56. The molecule has 1 saturated carbocycles. The summed E-state index contributed by atoms with van der Waals surface area (Å²) in [6, 6.07) is 0.511. The summed E-state index contributed by atoms with van der Waals surface area (Å²) in [6.45, 7) is 1.87. The van der Waals surface area contributed by atoms with E-state index in [4.69, 9.17) is 5.11 Å². The maximum Gasteiger partial charge on any atom is 0.258 e. The first kappa shape index (κ1) is 10.3. The van der Waals surface area contributed by atoms with Crippen molar-refractivity contribution in [2.75, 3.05) is 19.7 Å². The van der Waals surface area contributed by atoms with E-state index in [9.17, 15) is 8.78 Å². The molecular weight excluding hydrogens is 188 g/mol. The Morgan fingerprint density at radius 2 is 2.07 bits per heavy atom. The third kappa shape index (κ3) is 1.54. The predicted octanol–water partition coefficient (Wildman–Crippen LogP) is 1.49. The number of hydrogen-bond donors (Lipinski definition) is 1. The van der Waals surface area contributed by atoms with E-state index >= 15 is 0 Å². The SMILES string of the molecule is CC1(CO)CN(C2CC2)CCC1(F)F. The maximum absolute atomic E-state index is 13.5. The number of nitrogens with zero attached hydrogens (tertiary/aromatic N) is 1. The summed E-state index contributed by atoms with van der Waals surface area (Å²) in [5.41, 5.74) is -1.24. The number of aliphatic hydroxyl groups is 1. The van der Waals surface area contributed by atoms with E-state index in [2.05, 4.69) is 4.90 Å². The van der Waals surface area contributed by atoms with Crippen LogP contribution in [0.1, 0.15) is 26.2 Å². The zero-order chi connectivity index (χ0) is 10.4. The molecule has 0 aromatic rings. The predicted molar refractivity (Wildman–Crippen MR) is 49.4 cm³/mol. The number of piperidine rings is 1. The molecule has 1 N–H and O–H groups in total. The molecule has 1 atom stereocenters. The smallest absolute Gasteiger partial charge is 0.258 e. The Labute approximate surface area is 82.9 Å². The van der Waals surface area contributed by atoms with Crippen LogP contribution in [0.4, 0.5) is 8.78 Å². The summed E-state index contributed by atoms with van der Waals surface area (Å²) in [7, 11) is 0. The van der Waals surface area contributed by atoms with Crippen LogP contribution in [0, 0.1) is 5.41 Å². The summed E-state index contributed by atoms with van der Waals surface area (Å²) in [6.07, 6.45) is 2.15. The average molecular weight is 205 g/mol. The van der Waals surface area contributed by atoms with Gasteiger partial charge < -0.3 is 5.11 Å². The quantitative estimate of drug-likeness (QED) is 0.738. The van der Waals surface area contributed by atoms with E-state index in [1.54, 1.807) is 0 Å². The van der Waals surface area contributed by atoms with Gasteiger partial charge in [0.05, 0.1) is 12.0 Å². The van der Waals surface area contributed by atoms with Crippen LogP contribution in [0.15, 0.2) is 0 Å². The molecule has 14 heavy (non-hydrogen) atoms. The first-order valence-corrected chi connectivity index (χ1v) is 5.21. The van der Waals surface area contributed by atoms with Crippen molar-refractivity contribution in [3.05, 3.63) is 0 Å². The Morgan fingerprint density at radius 1 is 1.43 bits per heavy atom. The number of halogens is 2. The molecule has 1 heterocycles. The zero-order valence-electron chi connectivity index (χ0n) is 8.47. The zero-order valence-corrected chi connectivity index (χ0v) is 8.47. The second-order valence-corrected chi connectivity index (χ2v) is 4.87. The second kappa shape index (κ2) is 3.14. The van der Waals surface area contributed by atoms with Crippen molar-refractivity contribution in [2.24, 2.45) is 5.41 Å². The van der Waals surface area contributed by atoms with Gasteiger partial charge in [-0.3, -0.25) is 4.90 Å². The van der Waals surface area contributed by atoms with Crippen molar-refractivity contribution in [2.45, 2.75) is 38.2 Å². The topological polar surface area (TPSA) is 23.5 Å². The molecule has 1 unspecified atom stereocenters. The average Bonchev–Trinajstić information content (AvgIpc) is 2.93. The van der Waals surface area contributed by atoms with Crippen molar-refractivity contribution in [3.63, 3.8) is 0 Å². The van der Waals surface area contributed by atoms with Crippen LogP contribution < -0.4 is 0 Å². The van der Waals surface area contributed by atoms with E-state index in [0.29, 0.717) is 19.1 Å². The van der Waals surface area contributed by atoms with Crippen molar-refractivity contribution < 1.29 is 13.9 Å². The van der Waals surface area contributed by atoms with E-state index in [-0.39, 0.29) is 6.42 Å². The molecular formula is C10H17F2NO. The molecule has 4 heteroatoms.